The van der Waals surface area contributed by atoms with Gasteiger partial charge in [0.05, 0.1) is 0 Å². The van der Waals surface area contributed by atoms with Crippen molar-refractivity contribution >= 4 is 22.3 Å². The fourth-order valence-corrected chi connectivity index (χ4v) is 2.53. The fraction of sp³-hybridized carbons (Fsp3) is 0.200. The van der Waals surface area contributed by atoms with Gasteiger partial charge in [-0.3, -0.25) is 0 Å². The Balaban J connectivity index is 1.84. The summed E-state index contributed by atoms with van der Waals surface area (Å²) in [6.07, 6.45) is 0. The highest BCUT2D eigenvalue weighted by atomic mass is 32.1. The molecule has 0 amide bonds. The van der Waals surface area contributed by atoms with Gasteiger partial charge in [-0.15, -0.1) is 0 Å². The molecule has 2 aromatic carbocycles. The van der Waals surface area contributed by atoms with Crippen LogP contribution in [0.2, 0.25) is 0 Å². The van der Waals surface area contributed by atoms with Crippen LogP contribution in [0.1, 0.15) is 11.4 Å². The normalized spacial score (nSPS) is 10.9. The summed E-state index contributed by atoms with van der Waals surface area (Å²) in [5.41, 5.74) is 1.25. The van der Waals surface area contributed by atoms with Crippen LogP contribution in [0.3, 0.4) is 0 Å². The van der Waals surface area contributed by atoms with Crippen molar-refractivity contribution in [2.45, 2.75) is 13.5 Å². The molecule has 0 atom stereocenters. The van der Waals surface area contributed by atoms with E-state index in [0.717, 1.165) is 11.1 Å². The lowest BCUT2D eigenvalue weighted by molar-refractivity contribution is 0.178. The smallest absolute Gasteiger partial charge is 0.298 e. The van der Waals surface area contributed by atoms with Crippen LogP contribution in [0.4, 0.5) is 0 Å². The summed E-state index contributed by atoms with van der Waals surface area (Å²) in [7, 11) is 1.62. The van der Waals surface area contributed by atoms with E-state index in [9.17, 15) is 0 Å². The second-order valence-corrected chi connectivity index (χ2v) is 5.24. The van der Waals surface area contributed by atoms with E-state index in [4.69, 9.17) is 9.47 Å². The third kappa shape index (κ3) is 2.79. The summed E-state index contributed by atoms with van der Waals surface area (Å²) < 4.78 is 14.9. The Labute approximate surface area is 121 Å². The van der Waals surface area contributed by atoms with Gasteiger partial charge in [-0.05, 0) is 29.8 Å². The summed E-state index contributed by atoms with van der Waals surface area (Å²) in [6, 6.07) is 12.3. The molecule has 0 saturated heterocycles. The van der Waals surface area contributed by atoms with Gasteiger partial charge in [-0.2, -0.15) is 9.36 Å². The molecule has 102 valence electrons. The standard InChI is InChI=1S/C15H14N2O2S/c1-10-3-4-12-8-13(6-5-11(12)7-10)19-15-16-14(9-18-2)17-20-15/h3-8H,9H2,1-2H3. The lowest BCUT2D eigenvalue weighted by Crippen LogP contribution is -1.90. The molecular weight excluding hydrogens is 272 g/mol. The number of methoxy groups -OCH3 is 1. The molecule has 0 radical (unpaired) electrons. The lowest BCUT2D eigenvalue weighted by Gasteiger charge is -2.04. The summed E-state index contributed by atoms with van der Waals surface area (Å²) in [5.74, 6) is 1.41. The van der Waals surface area contributed by atoms with Crippen molar-refractivity contribution in [2.24, 2.45) is 0 Å². The third-order valence-corrected chi connectivity index (χ3v) is 3.53. The average molecular weight is 286 g/mol. The van der Waals surface area contributed by atoms with Crippen LogP contribution in [0.25, 0.3) is 10.8 Å². The minimum absolute atomic E-state index is 0.400. The van der Waals surface area contributed by atoms with Gasteiger partial charge >= 0.3 is 0 Å². The highest BCUT2D eigenvalue weighted by Gasteiger charge is 2.06. The molecule has 0 spiro atoms. The molecule has 1 aromatic heterocycles. The van der Waals surface area contributed by atoms with E-state index in [2.05, 4.69) is 40.5 Å². The zero-order valence-corrected chi connectivity index (χ0v) is 12.1. The topological polar surface area (TPSA) is 44.2 Å². The average Bonchev–Trinajstić information content (AvgIpc) is 2.87. The Morgan fingerprint density at radius 2 is 1.90 bits per heavy atom. The van der Waals surface area contributed by atoms with Crippen molar-refractivity contribution in [2.75, 3.05) is 7.11 Å². The Bertz CT molecular complexity index is 740. The van der Waals surface area contributed by atoms with Crippen LogP contribution < -0.4 is 4.74 Å². The van der Waals surface area contributed by atoms with Crippen LogP contribution in [0.15, 0.2) is 36.4 Å². The number of hydrogen-bond donors (Lipinski definition) is 0. The van der Waals surface area contributed by atoms with E-state index in [-0.39, 0.29) is 0 Å². The van der Waals surface area contributed by atoms with E-state index >= 15 is 0 Å². The number of fused-ring (bicyclic) bond motifs is 1. The molecular formula is C15H14N2O2S. The van der Waals surface area contributed by atoms with Gasteiger partial charge in [0.15, 0.2) is 5.82 Å². The minimum Gasteiger partial charge on any atom is -0.430 e. The number of benzene rings is 2. The van der Waals surface area contributed by atoms with E-state index in [1.54, 1.807) is 7.11 Å². The van der Waals surface area contributed by atoms with Crippen molar-refractivity contribution < 1.29 is 9.47 Å². The second-order valence-electron chi connectivity index (χ2n) is 4.52. The van der Waals surface area contributed by atoms with Crippen molar-refractivity contribution in [1.82, 2.24) is 9.36 Å². The van der Waals surface area contributed by atoms with Gasteiger partial charge < -0.3 is 9.47 Å². The monoisotopic (exact) mass is 286 g/mol. The van der Waals surface area contributed by atoms with Crippen LogP contribution in [-0.4, -0.2) is 16.5 Å². The first-order valence-electron chi connectivity index (χ1n) is 6.24. The van der Waals surface area contributed by atoms with E-state index < -0.39 is 0 Å². The summed E-state index contributed by atoms with van der Waals surface area (Å²) in [5, 5.41) is 2.88. The third-order valence-electron chi connectivity index (χ3n) is 2.90. The number of aryl methyl sites for hydroxylation is 1. The molecule has 0 saturated carbocycles. The molecule has 0 aliphatic heterocycles. The largest absolute Gasteiger partial charge is 0.430 e. The Morgan fingerprint density at radius 3 is 2.75 bits per heavy atom. The zero-order valence-electron chi connectivity index (χ0n) is 11.3. The van der Waals surface area contributed by atoms with Gasteiger partial charge in [0.2, 0.25) is 0 Å². The number of ether oxygens (including phenoxy) is 2. The maximum Gasteiger partial charge on any atom is 0.298 e. The van der Waals surface area contributed by atoms with Crippen LogP contribution in [0.5, 0.6) is 10.9 Å². The molecule has 0 fully saturated rings. The zero-order chi connectivity index (χ0) is 13.9. The van der Waals surface area contributed by atoms with E-state index in [1.165, 1.54) is 22.5 Å². The first-order valence-corrected chi connectivity index (χ1v) is 7.02. The van der Waals surface area contributed by atoms with Crippen LogP contribution in [-0.2, 0) is 11.3 Å². The van der Waals surface area contributed by atoms with Crippen molar-refractivity contribution in [3.05, 3.63) is 47.8 Å². The first kappa shape index (κ1) is 13.0. The molecule has 3 rings (SSSR count). The summed E-state index contributed by atoms with van der Waals surface area (Å²) in [6.45, 7) is 2.49. The maximum absolute atomic E-state index is 5.73. The molecule has 0 bridgehead atoms. The quantitative estimate of drug-likeness (QED) is 0.728. The maximum atomic E-state index is 5.73. The molecule has 3 aromatic rings. The van der Waals surface area contributed by atoms with Gasteiger partial charge in [0.1, 0.15) is 12.4 Å². The molecule has 5 heteroatoms. The summed E-state index contributed by atoms with van der Waals surface area (Å²) >= 11 is 1.23. The molecule has 1 heterocycles. The van der Waals surface area contributed by atoms with Gasteiger partial charge in [-0.25, -0.2) is 0 Å². The predicted octanol–water partition coefficient (Wildman–Crippen LogP) is 3.94. The van der Waals surface area contributed by atoms with Crippen molar-refractivity contribution in [3.63, 3.8) is 0 Å². The van der Waals surface area contributed by atoms with Crippen molar-refractivity contribution in [3.8, 4) is 10.9 Å². The van der Waals surface area contributed by atoms with Gasteiger partial charge in [-0.1, -0.05) is 29.8 Å². The molecule has 0 N–H and O–H groups in total. The van der Waals surface area contributed by atoms with Crippen molar-refractivity contribution in [1.29, 1.82) is 0 Å². The highest BCUT2D eigenvalue weighted by Crippen LogP contribution is 2.27. The molecule has 20 heavy (non-hydrogen) atoms. The first-order chi connectivity index (χ1) is 9.74. The fourth-order valence-electron chi connectivity index (χ4n) is 1.97. The summed E-state index contributed by atoms with van der Waals surface area (Å²) in [4.78, 5) is 4.25. The minimum atomic E-state index is 0.400. The molecule has 0 aliphatic rings. The molecule has 0 unspecified atom stereocenters. The van der Waals surface area contributed by atoms with Gasteiger partial charge in [0, 0.05) is 18.6 Å². The molecule has 0 aliphatic carbocycles. The Morgan fingerprint density at radius 1 is 1.10 bits per heavy atom. The van der Waals surface area contributed by atoms with Crippen LogP contribution >= 0.6 is 11.5 Å². The number of nitrogens with zero attached hydrogens (tertiary/aromatic N) is 2. The Kier molecular flexibility index (Phi) is 3.62. The highest BCUT2D eigenvalue weighted by molar-refractivity contribution is 7.07. The van der Waals surface area contributed by atoms with E-state index in [0.29, 0.717) is 17.6 Å². The second kappa shape index (κ2) is 5.56. The Hall–Kier alpha value is -1.98. The molecule has 4 nitrogen and oxygen atoms in total. The van der Waals surface area contributed by atoms with E-state index in [1.807, 2.05) is 12.1 Å². The SMILES string of the molecule is COCc1nsc(Oc2ccc3cc(C)ccc3c2)n1. The number of aromatic nitrogens is 2. The van der Waals surface area contributed by atoms with Crippen LogP contribution in [0, 0.1) is 6.92 Å². The lowest BCUT2D eigenvalue weighted by atomic mass is 10.1. The number of rotatable bonds is 4. The van der Waals surface area contributed by atoms with Gasteiger partial charge in [0.25, 0.3) is 5.19 Å². The number of hydrogen-bond acceptors (Lipinski definition) is 5. The predicted molar refractivity (Wildman–Crippen MR) is 79.4 cm³/mol.